The van der Waals surface area contributed by atoms with Crippen LogP contribution in [-0.4, -0.2) is 20.9 Å². The van der Waals surface area contributed by atoms with Gasteiger partial charge in [0.25, 0.3) is 0 Å². The summed E-state index contributed by atoms with van der Waals surface area (Å²) in [7, 11) is 0. The van der Waals surface area contributed by atoms with Crippen LogP contribution in [0.25, 0.3) is 42.3 Å². The Bertz CT molecular complexity index is 1710. The Labute approximate surface area is 261 Å². The zero-order valence-electron chi connectivity index (χ0n) is 25.3. The van der Waals surface area contributed by atoms with Crippen molar-refractivity contribution in [1.82, 2.24) is 9.97 Å². The van der Waals surface area contributed by atoms with Gasteiger partial charge in [-0.15, -0.1) is 46.7 Å². The van der Waals surface area contributed by atoms with E-state index in [0.29, 0.717) is 0 Å². The third-order valence-electron chi connectivity index (χ3n) is 6.85. The van der Waals surface area contributed by atoms with E-state index < -0.39 is 5.41 Å². The van der Waals surface area contributed by atoms with Gasteiger partial charge in [0, 0.05) is 52.8 Å². The van der Waals surface area contributed by atoms with E-state index in [1.165, 1.54) is 32.5 Å². The van der Waals surface area contributed by atoms with Crippen LogP contribution >= 0.6 is 11.3 Å². The predicted molar refractivity (Wildman–Crippen MR) is 170 cm³/mol. The molecule has 1 radical (unpaired) electrons. The summed E-state index contributed by atoms with van der Waals surface area (Å²) >= 11 is 1.73. The molecule has 0 fully saturated rings. The number of ketones is 1. The summed E-state index contributed by atoms with van der Waals surface area (Å²) in [5, 5.41) is 14.4. The number of thiophene rings is 1. The summed E-state index contributed by atoms with van der Waals surface area (Å²) in [4.78, 5) is 21.7. The van der Waals surface area contributed by atoms with Crippen molar-refractivity contribution in [2.45, 2.75) is 67.7 Å². The second-order valence-corrected chi connectivity index (χ2v) is 14.4. The number of fused-ring (bicyclic) bond motifs is 4. The van der Waals surface area contributed by atoms with Gasteiger partial charge in [0.15, 0.2) is 5.78 Å². The number of hydrogen-bond donors (Lipinski definition) is 1. The van der Waals surface area contributed by atoms with Crippen molar-refractivity contribution < 1.29 is 30.0 Å². The molecule has 6 heteroatoms. The van der Waals surface area contributed by atoms with E-state index in [2.05, 4.69) is 91.4 Å². The van der Waals surface area contributed by atoms with Gasteiger partial charge < -0.3 is 5.11 Å². The van der Waals surface area contributed by atoms with Crippen molar-refractivity contribution in [3.63, 3.8) is 0 Å². The van der Waals surface area contributed by atoms with Gasteiger partial charge in [0.2, 0.25) is 0 Å². The topological polar surface area (TPSA) is 63.1 Å². The summed E-state index contributed by atoms with van der Waals surface area (Å²) in [6.45, 7) is 17.8. The Kier molecular flexibility index (Phi) is 9.64. The van der Waals surface area contributed by atoms with Crippen LogP contribution in [0.15, 0.2) is 72.8 Å². The summed E-state index contributed by atoms with van der Waals surface area (Å²) < 4.78 is 1.25. The summed E-state index contributed by atoms with van der Waals surface area (Å²) in [6, 6.07) is 22.9. The molecule has 0 amide bonds. The number of allylic oxidation sites excluding steroid dienone is 2. The van der Waals surface area contributed by atoms with E-state index in [1.807, 2.05) is 41.5 Å². The Balaban J connectivity index is 0.000000284. The van der Waals surface area contributed by atoms with Crippen LogP contribution in [0.1, 0.15) is 67.9 Å². The van der Waals surface area contributed by atoms with Crippen LogP contribution < -0.4 is 0 Å². The maximum absolute atomic E-state index is 11.5. The van der Waals surface area contributed by atoms with Crippen LogP contribution in [0.4, 0.5) is 0 Å². The molecule has 217 valence electrons. The number of nitrogens with zero attached hydrogens (tertiary/aromatic N) is 2. The average Bonchev–Trinajstić information content (AvgIpc) is 3.23. The number of aliphatic hydroxyl groups excluding tert-OH is 1. The van der Waals surface area contributed by atoms with Crippen molar-refractivity contribution in [3.8, 4) is 11.3 Å². The molecule has 0 aliphatic carbocycles. The zero-order valence-corrected chi connectivity index (χ0v) is 28.6. The first-order valence-electron chi connectivity index (χ1n) is 13.6. The smallest absolute Gasteiger partial charge is 0.164 e. The number of carbonyl (C=O) groups excluding carboxylic acids is 1. The minimum atomic E-state index is -0.417. The third-order valence-corrected chi connectivity index (χ3v) is 7.91. The van der Waals surface area contributed by atoms with Crippen molar-refractivity contribution in [2.24, 2.45) is 10.8 Å². The molecule has 41 heavy (non-hydrogen) atoms. The summed E-state index contributed by atoms with van der Waals surface area (Å²) in [5.41, 5.74) is 2.60. The molecule has 0 atom stereocenters. The molecule has 0 aliphatic heterocycles. The maximum Gasteiger partial charge on any atom is 0.164 e. The molecular weight excluding hydrogens is 705 g/mol. The largest absolute Gasteiger partial charge is 0.512 e. The molecule has 3 aromatic carbocycles. The monoisotopic (exact) mass is 744 g/mol. The summed E-state index contributed by atoms with van der Waals surface area (Å²) in [5.74, 6) is 0.104. The fraction of sp³-hybridized carbons (Fsp3) is 0.343. The van der Waals surface area contributed by atoms with Gasteiger partial charge in [-0.05, 0) is 33.7 Å². The van der Waals surface area contributed by atoms with Crippen LogP contribution in [0.2, 0.25) is 0 Å². The molecular formula is C35H39IrN2O2S-. The van der Waals surface area contributed by atoms with E-state index in [9.17, 15) is 9.90 Å². The fourth-order valence-electron chi connectivity index (χ4n) is 4.09. The minimum Gasteiger partial charge on any atom is -0.512 e. The fourth-order valence-corrected chi connectivity index (χ4v) is 5.17. The second-order valence-electron chi connectivity index (χ2n) is 13.3. The molecule has 4 nitrogen and oxygen atoms in total. The van der Waals surface area contributed by atoms with Crippen LogP contribution in [0.5, 0.6) is 0 Å². The Hall–Kier alpha value is -2.92. The van der Waals surface area contributed by atoms with Gasteiger partial charge in [-0.2, -0.15) is 0 Å². The number of carbonyl (C=O) groups is 1. The minimum absolute atomic E-state index is 0. The number of hydrogen-bond acceptors (Lipinski definition) is 5. The molecule has 0 bridgehead atoms. The molecule has 0 unspecified atom stereocenters. The number of aliphatic hydroxyl groups is 1. The Morgan fingerprint density at radius 3 is 2.05 bits per heavy atom. The van der Waals surface area contributed by atoms with E-state index >= 15 is 0 Å². The van der Waals surface area contributed by atoms with Gasteiger partial charge in [-0.1, -0.05) is 86.6 Å². The van der Waals surface area contributed by atoms with E-state index in [0.717, 1.165) is 21.5 Å². The number of rotatable bonds is 2. The number of aromatic nitrogens is 2. The Morgan fingerprint density at radius 1 is 0.878 bits per heavy atom. The van der Waals surface area contributed by atoms with Gasteiger partial charge in [0.05, 0.1) is 0 Å². The van der Waals surface area contributed by atoms with Crippen LogP contribution in [-0.2, 0) is 30.3 Å². The predicted octanol–water partition coefficient (Wildman–Crippen LogP) is 9.85. The molecule has 5 aromatic rings. The zero-order chi connectivity index (χ0) is 29.5. The van der Waals surface area contributed by atoms with Crippen molar-refractivity contribution in [2.75, 3.05) is 0 Å². The molecule has 5 rings (SSSR count). The first kappa shape index (κ1) is 32.6. The van der Waals surface area contributed by atoms with Gasteiger partial charge >= 0.3 is 0 Å². The van der Waals surface area contributed by atoms with Crippen molar-refractivity contribution in [3.05, 3.63) is 84.4 Å². The van der Waals surface area contributed by atoms with E-state index in [1.54, 1.807) is 17.7 Å². The van der Waals surface area contributed by atoms with Crippen molar-refractivity contribution >= 4 is 48.2 Å². The second kappa shape index (κ2) is 12.1. The standard InChI is InChI=1S/C24H19N2S.C11H20O2.Ir/c1-24(2,3)18-10-8-15(9-11-18)22-21-19-12-16-6-4-5-7-17(16)13-20(19)27-23(21)26-14-25-22;1-10(2,3)8(12)7-9(13)11(4,5)6;/h4-8,10-14H,1-3H3;7,12H,1-6H3;/q-1;;/b;8-7-;. The molecule has 1 N–H and O–H groups in total. The molecule has 0 spiro atoms. The van der Waals surface area contributed by atoms with Gasteiger partial charge in [-0.25, -0.2) is 4.98 Å². The molecule has 0 saturated heterocycles. The molecule has 0 saturated carbocycles. The van der Waals surface area contributed by atoms with Gasteiger partial charge in [0.1, 0.15) is 16.9 Å². The maximum atomic E-state index is 11.5. The van der Waals surface area contributed by atoms with E-state index in [-0.39, 0.29) is 42.5 Å². The molecule has 2 heterocycles. The molecule has 0 aliphatic rings. The van der Waals surface area contributed by atoms with Crippen LogP contribution in [0, 0.1) is 16.9 Å². The summed E-state index contributed by atoms with van der Waals surface area (Å²) in [6.07, 6.45) is 3.00. The van der Waals surface area contributed by atoms with Gasteiger partial charge in [-0.3, -0.25) is 9.78 Å². The first-order valence-corrected chi connectivity index (χ1v) is 14.4. The quantitative estimate of drug-likeness (QED) is 0.111. The SMILES string of the molecule is CC(C)(C)C(=O)/C=C(\O)C(C)(C)C.CC(C)(C)c1c[c-]c(-c2ncnc3sc4cc5ccccc5cc4c23)cc1.[Ir]. The van der Waals surface area contributed by atoms with Crippen LogP contribution in [0.3, 0.4) is 0 Å². The number of benzene rings is 3. The van der Waals surface area contributed by atoms with E-state index in [4.69, 9.17) is 0 Å². The normalized spacial score (nSPS) is 12.7. The first-order chi connectivity index (χ1) is 18.6. The van der Waals surface area contributed by atoms with Crippen molar-refractivity contribution in [1.29, 1.82) is 0 Å². The molecule has 2 aromatic heterocycles. The third kappa shape index (κ3) is 7.48. The average molecular weight is 744 g/mol. The Morgan fingerprint density at radius 2 is 1.51 bits per heavy atom.